The zero-order chi connectivity index (χ0) is 23.3. The third-order valence-electron chi connectivity index (χ3n) is 4.78. The fourth-order valence-corrected chi connectivity index (χ4v) is 3.02. The van der Waals surface area contributed by atoms with E-state index in [2.05, 4.69) is 20.8 Å². The first-order chi connectivity index (χ1) is 15.3. The number of para-hydroxylation sites is 2. The lowest BCUT2D eigenvalue weighted by molar-refractivity contribution is -0.130. The highest BCUT2D eigenvalue weighted by Crippen LogP contribution is 2.19. The topological polar surface area (TPSA) is 115 Å². The summed E-state index contributed by atoms with van der Waals surface area (Å²) in [5.41, 5.74) is 3.64. The normalized spacial score (nSPS) is 11.5. The molecule has 0 bridgehead atoms. The molecule has 0 aliphatic rings. The number of nitrogens with one attached hydrogen (secondary N) is 2. The Labute approximate surface area is 185 Å². The molecule has 166 valence electrons. The van der Waals surface area contributed by atoms with Crippen molar-refractivity contribution in [2.24, 2.45) is 0 Å². The zero-order valence-electron chi connectivity index (χ0n) is 18.4. The average molecular weight is 435 g/mol. The van der Waals surface area contributed by atoms with Crippen molar-refractivity contribution < 1.29 is 19.1 Å². The van der Waals surface area contributed by atoms with Gasteiger partial charge in [-0.25, -0.2) is 4.79 Å². The molecule has 2 amide bonds. The van der Waals surface area contributed by atoms with Crippen LogP contribution in [-0.4, -0.2) is 45.4 Å². The third kappa shape index (κ3) is 5.37. The van der Waals surface area contributed by atoms with Crippen molar-refractivity contribution in [1.82, 2.24) is 20.3 Å². The van der Waals surface area contributed by atoms with Crippen molar-refractivity contribution in [1.29, 1.82) is 0 Å². The zero-order valence-corrected chi connectivity index (χ0v) is 18.4. The molecule has 0 saturated heterocycles. The molecule has 1 heterocycles. The molecule has 1 unspecified atom stereocenters. The van der Waals surface area contributed by atoms with Gasteiger partial charge in [0.05, 0.1) is 17.9 Å². The number of esters is 1. The van der Waals surface area contributed by atoms with E-state index in [9.17, 15) is 14.4 Å². The summed E-state index contributed by atoms with van der Waals surface area (Å²) in [5.74, 6) is -1.74. The minimum atomic E-state index is -1.11. The molecule has 2 aromatic carbocycles. The molecule has 9 heteroatoms. The first-order valence-corrected chi connectivity index (χ1v) is 10.1. The quantitative estimate of drug-likeness (QED) is 0.551. The Morgan fingerprint density at radius 3 is 2.28 bits per heavy atom. The van der Waals surface area contributed by atoms with Gasteiger partial charge in [-0.3, -0.25) is 9.59 Å². The second-order valence-corrected chi connectivity index (χ2v) is 7.34. The maximum atomic E-state index is 12.5. The summed E-state index contributed by atoms with van der Waals surface area (Å²) in [5, 5.41) is 13.6. The molecule has 0 fully saturated rings. The van der Waals surface area contributed by atoms with Crippen LogP contribution in [0.1, 0.15) is 34.2 Å². The largest absolute Gasteiger partial charge is 0.448 e. The van der Waals surface area contributed by atoms with E-state index in [1.807, 2.05) is 50.2 Å². The molecule has 1 aromatic heterocycles. The fraction of sp³-hybridized carbons (Fsp3) is 0.261. The Morgan fingerprint density at radius 1 is 0.969 bits per heavy atom. The minimum absolute atomic E-state index is 0.0151. The van der Waals surface area contributed by atoms with Crippen LogP contribution in [0.25, 0.3) is 5.69 Å². The molecule has 32 heavy (non-hydrogen) atoms. The Balaban J connectivity index is 1.55. The highest BCUT2D eigenvalue weighted by molar-refractivity contribution is 5.97. The van der Waals surface area contributed by atoms with E-state index < -0.39 is 18.0 Å². The standard InChI is InChI=1S/C23H25N5O4/c1-14-9-8-10-15(2)20(14)25-19(29)13-24-22(30)17(4)32-23(31)21-16(3)26-28(27-21)18-11-6-5-7-12-18/h5-12,17H,13H2,1-4H3,(H,24,30)(H,25,29). The molecule has 0 spiro atoms. The predicted molar refractivity (Wildman–Crippen MR) is 119 cm³/mol. The number of nitrogens with zero attached hydrogens (tertiary/aromatic N) is 3. The summed E-state index contributed by atoms with van der Waals surface area (Å²) in [6.07, 6.45) is -1.11. The third-order valence-corrected chi connectivity index (χ3v) is 4.78. The number of benzene rings is 2. The Morgan fingerprint density at radius 2 is 1.62 bits per heavy atom. The number of hydrogen-bond donors (Lipinski definition) is 2. The van der Waals surface area contributed by atoms with Gasteiger partial charge in [-0.15, -0.1) is 5.10 Å². The molecule has 9 nitrogen and oxygen atoms in total. The SMILES string of the molecule is Cc1cccc(C)c1NC(=O)CNC(=O)C(C)OC(=O)c1nn(-c2ccccc2)nc1C. The predicted octanol–water partition coefficient (Wildman–Crippen LogP) is 2.49. The summed E-state index contributed by atoms with van der Waals surface area (Å²) in [4.78, 5) is 38.3. The Kier molecular flexibility index (Phi) is 6.99. The van der Waals surface area contributed by atoms with Crippen LogP contribution in [0.15, 0.2) is 48.5 Å². The van der Waals surface area contributed by atoms with Gasteiger partial charge in [-0.1, -0.05) is 36.4 Å². The van der Waals surface area contributed by atoms with Gasteiger partial charge >= 0.3 is 5.97 Å². The number of aromatic nitrogens is 3. The summed E-state index contributed by atoms with van der Waals surface area (Å²) in [6.45, 7) is 6.58. The van der Waals surface area contributed by atoms with E-state index in [0.717, 1.165) is 11.1 Å². The highest BCUT2D eigenvalue weighted by Gasteiger charge is 2.24. The van der Waals surface area contributed by atoms with E-state index >= 15 is 0 Å². The number of anilines is 1. The van der Waals surface area contributed by atoms with Crippen molar-refractivity contribution in [2.45, 2.75) is 33.8 Å². The molecule has 1 atom stereocenters. The number of amides is 2. The minimum Gasteiger partial charge on any atom is -0.448 e. The van der Waals surface area contributed by atoms with Crippen molar-refractivity contribution in [3.05, 3.63) is 71.0 Å². The van der Waals surface area contributed by atoms with Gasteiger partial charge in [0.25, 0.3) is 5.91 Å². The molecule has 0 saturated carbocycles. The van der Waals surface area contributed by atoms with Crippen LogP contribution in [0.5, 0.6) is 0 Å². The Bertz CT molecular complexity index is 1120. The van der Waals surface area contributed by atoms with Gasteiger partial charge in [-0.2, -0.15) is 9.90 Å². The second-order valence-electron chi connectivity index (χ2n) is 7.34. The summed E-state index contributed by atoms with van der Waals surface area (Å²) in [6, 6.07) is 14.8. The van der Waals surface area contributed by atoms with Crippen molar-refractivity contribution in [3.8, 4) is 5.69 Å². The lowest BCUT2D eigenvalue weighted by Gasteiger charge is -2.14. The molecule has 2 N–H and O–H groups in total. The van der Waals surface area contributed by atoms with Crippen LogP contribution in [0.2, 0.25) is 0 Å². The first kappa shape index (κ1) is 22.7. The fourth-order valence-electron chi connectivity index (χ4n) is 3.02. The summed E-state index contributed by atoms with van der Waals surface area (Å²) >= 11 is 0. The van der Waals surface area contributed by atoms with E-state index in [4.69, 9.17) is 4.74 Å². The molecular formula is C23H25N5O4. The lowest BCUT2D eigenvalue weighted by atomic mass is 10.1. The average Bonchev–Trinajstić information content (AvgIpc) is 3.17. The van der Waals surface area contributed by atoms with Crippen LogP contribution in [-0.2, 0) is 14.3 Å². The lowest BCUT2D eigenvalue weighted by Crippen LogP contribution is -2.40. The molecule has 3 rings (SSSR count). The van der Waals surface area contributed by atoms with Gasteiger partial charge in [-0.05, 0) is 51.0 Å². The Hall–Kier alpha value is -4.01. The van der Waals surface area contributed by atoms with Gasteiger partial charge in [0.1, 0.15) is 0 Å². The summed E-state index contributed by atoms with van der Waals surface area (Å²) in [7, 11) is 0. The van der Waals surface area contributed by atoms with Crippen LogP contribution in [0, 0.1) is 20.8 Å². The van der Waals surface area contributed by atoms with Crippen LogP contribution in [0.3, 0.4) is 0 Å². The molecule has 0 aliphatic carbocycles. The number of ether oxygens (including phenoxy) is 1. The van der Waals surface area contributed by atoms with Gasteiger partial charge in [0.15, 0.2) is 11.8 Å². The molecule has 0 aliphatic heterocycles. The number of aryl methyl sites for hydroxylation is 3. The highest BCUT2D eigenvalue weighted by atomic mass is 16.5. The van der Waals surface area contributed by atoms with Crippen LogP contribution in [0.4, 0.5) is 5.69 Å². The van der Waals surface area contributed by atoms with E-state index in [-0.39, 0.29) is 18.1 Å². The van der Waals surface area contributed by atoms with Crippen molar-refractivity contribution in [3.63, 3.8) is 0 Å². The molecule has 3 aromatic rings. The van der Waals surface area contributed by atoms with Gasteiger partial charge in [0, 0.05) is 5.69 Å². The molecular weight excluding hydrogens is 410 g/mol. The second kappa shape index (κ2) is 9.86. The maximum absolute atomic E-state index is 12.5. The van der Waals surface area contributed by atoms with Gasteiger partial charge < -0.3 is 15.4 Å². The van der Waals surface area contributed by atoms with Crippen molar-refractivity contribution in [2.75, 3.05) is 11.9 Å². The maximum Gasteiger partial charge on any atom is 0.361 e. The van der Waals surface area contributed by atoms with Gasteiger partial charge in [0.2, 0.25) is 5.91 Å². The van der Waals surface area contributed by atoms with Crippen molar-refractivity contribution >= 4 is 23.5 Å². The number of rotatable bonds is 7. The van der Waals surface area contributed by atoms with Crippen LogP contribution < -0.4 is 10.6 Å². The smallest absolute Gasteiger partial charge is 0.361 e. The van der Waals surface area contributed by atoms with E-state index in [1.54, 1.807) is 19.1 Å². The molecule has 0 radical (unpaired) electrons. The van der Waals surface area contributed by atoms with E-state index in [0.29, 0.717) is 17.1 Å². The van der Waals surface area contributed by atoms with E-state index in [1.165, 1.54) is 11.7 Å². The number of carbonyl (C=O) groups excluding carboxylic acids is 3. The monoisotopic (exact) mass is 435 g/mol. The first-order valence-electron chi connectivity index (χ1n) is 10.1. The number of hydrogen-bond acceptors (Lipinski definition) is 6. The summed E-state index contributed by atoms with van der Waals surface area (Å²) < 4.78 is 5.22. The van der Waals surface area contributed by atoms with Crippen LogP contribution >= 0.6 is 0 Å². The number of carbonyl (C=O) groups is 3.